The molecule has 9 aromatic carbocycles. The summed E-state index contributed by atoms with van der Waals surface area (Å²) < 4.78 is 2.39. The van der Waals surface area contributed by atoms with E-state index in [2.05, 4.69) is 179 Å². The Morgan fingerprint density at radius 2 is 1.02 bits per heavy atom. The van der Waals surface area contributed by atoms with Crippen LogP contribution in [0.2, 0.25) is 0 Å². The molecule has 0 saturated carbocycles. The highest BCUT2D eigenvalue weighted by Crippen LogP contribution is 2.42. The standard InChI is InChI=1S/C51H34N4/c1-53-51(54-50(52)35-15-6-3-7-16-35)37-26-30-45-46(31-37)41-18-9-8-17-40(41)44-21-12-20-39(49(44)45)36-25-29-43-42-19-10-11-22-47(42)55(48(43)32-36)38-27-23-34(24-28-38)33-13-4-2-5-14-33/h2-32,52H,1H2. The number of para-hydroxylation sites is 1. The molecule has 0 radical (unpaired) electrons. The molecule has 0 unspecified atom stereocenters. The number of nitrogens with one attached hydrogen (secondary N) is 1. The van der Waals surface area contributed by atoms with Crippen LogP contribution >= 0.6 is 0 Å². The number of hydrogen-bond acceptors (Lipinski definition) is 1. The molecule has 0 aliphatic heterocycles. The highest BCUT2D eigenvalue weighted by Gasteiger charge is 2.18. The minimum atomic E-state index is 0.147. The van der Waals surface area contributed by atoms with E-state index in [9.17, 15) is 0 Å². The third-order valence-electron chi connectivity index (χ3n) is 10.8. The van der Waals surface area contributed by atoms with E-state index < -0.39 is 0 Å². The Kier molecular flexibility index (Phi) is 7.74. The topological polar surface area (TPSA) is 53.5 Å². The van der Waals surface area contributed by atoms with Crippen LogP contribution < -0.4 is 0 Å². The highest BCUT2D eigenvalue weighted by molar-refractivity contribution is 6.29. The summed E-state index contributed by atoms with van der Waals surface area (Å²) in [7, 11) is 0. The zero-order valence-corrected chi connectivity index (χ0v) is 29.9. The van der Waals surface area contributed by atoms with Crippen molar-refractivity contribution in [3.63, 3.8) is 0 Å². The van der Waals surface area contributed by atoms with Crippen LogP contribution in [-0.2, 0) is 0 Å². The molecule has 1 heterocycles. The first-order chi connectivity index (χ1) is 27.2. The molecule has 10 aromatic rings. The summed E-state index contributed by atoms with van der Waals surface area (Å²) >= 11 is 0. The number of fused-ring (bicyclic) bond motifs is 9. The number of hydrogen-bond donors (Lipinski definition) is 1. The van der Waals surface area contributed by atoms with E-state index in [0.717, 1.165) is 44.1 Å². The summed E-state index contributed by atoms with van der Waals surface area (Å²) in [6.07, 6.45) is 0. The van der Waals surface area contributed by atoms with Crippen LogP contribution in [0.15, 0.2) is 198 Å². The van der Waals surface area contributed by atoms with Gasteiger partial charge in [0, 0.05) is 27.6 Å². The molecule has 4 nitrogen and oxygen atoms in total. The molecule has 0 aliphatic rings. The van der Waals surface area contributed by atoms with E-state index in [0.29, 0.717) is 5.84 Å². The molecule has 0 bridgehead atoms. The smallest absolute Gasteiger partial charge is 0.161 e. The molecule has 0 aliphatic carbocycles. The quantitative estimate of drug-likeness (QED) is 0.105. The van der Waals surface area contributed by atoms with Crippen molar-refractivity contribution in [1.29, 1.82) is 5.41 Å². The van der Waals surface area contributed by atoms with Gasteiger partial charge >= 0.3 is 0 Å². The van der Waals surface area contributed by atoms with Gasteiger partial charge in [0.05, 0.1) is 11.0 Å². The maximum Gasteiger partial charge on any atom is 0.161 e. The molecule has 10 rings (SSSR count). The van der Waals surface area contributed by atoms with Gasteiger partial charge in [-0.3, -0.25) is 5.41 Å². The third kappa shape index (κ3) is 5.43. The van der Waals surface area contributed by atoms with Crippen LogP contribution in [0.3, 0.4) is 0 Å². The van der Waals surface area contributed by atoms with Gasteiger partial charge < -0.3 is 4.57 Å². The first-order valence-electron chi connectivity index (χ1n) is 18.4. The molecule has 4 heteroatoms. The van der Waals surface area contributed by atoms with Crippen molar-refractivity contribution in [3.8, 4) is 27.9 Å². The molecular formula is C51H34N4. The Morgan fingerprint density at radius 3 is 1.78 bits per heavy atom. The van der Waals surface area contributed by atoms with Crippen molar-refractivity contribution in [2.24, 2.45) is 9.98 Å². The van der Waals surface area contributed by atoms with Crippen molar-refractivity contribution in [2.75, 3.05) is 0 Å². The zero-order valence-electron chi connectivity index (χ0n) is 29.9. The van der Waals surface area contributed by atoms with Crippen LogP contribution in [0.4, 0.5) is 0 Å². The van der Waals surface area contributed by atoms with Crippen LogP contribution in [0.5, 0.6) is 0 Å². The SMILES string of the molecule is C=NC(=NC(=N)c1ccccc1)c1ccc2c(c1)c1ccccc1c1cccc(-c3ccc4c5ccccc5n(-c5ccc(-c6ccccc6)cc5)c4c3)c12. The van der Waals surface area contributed by atoms with E-state index in [4.69, 9.17) is 5.41 Å². The predicted molar refractivity (Wildman–Crippen MR) is 234 cm³/mol. The first-order valence-corrected chi connectivity index (χ1v) is 18.4. The highest BCUT2D eigenvalue weighted by atomic mass is 15.0. The monoisotopic (exact) mass is 702 g/mol. The van der Waals surface area contributed by atoms with Crippen molar-refractivity contribution in [3.05, 3.63) is 199 Å². The molecule has 0 amide bonds. The fourth-order valence-electron chi connectivity index (χ4n) is 8.19. The molecule has 258 valence electrons. The summed E-state index contributed by atoms with van der Waals surface area (Å²) in [6, 6.07) is 66.1. The normalized spacial score (nSPS) is 11.9. The van der Waals surface area contributed by atoms with Crippen LogP contribution in [0.1, 0.15) is 11.1 Å². The van der Waals surface area contributed by atoms with Gasteiger partial charge in [-0.15, -0.1) is 0 Å². The van der Waals surface area contributed by atoms with E-state index in [1.807, 2.05) is 30.3 Å². The Hall–Kier alpha value is -7.43. The molecule has 0 fully saturated rings. The maximum absolute atomic E-state index is 8.67. The Labute approximate surface area is 318 Å². The number of rotatable bonds is 5. The molecule has 1 aromatic heterocycles. The van der Waals surface area contributed by atoms with E-state index in [1.165, 1.54) is 49.1 Å². The van der Waals surface area contributed by atoms with Gasteiger partial charge in [0.2, 0.25) is 0 Å². The minimum Gasteiger partial charge on any atom is -0.309 e. The second-order valence-electron chi connectivity index (χ2n) is 13.8. The Morgan fingerprint density at radius 1 is 0.436 bits per heavy atom. The molecule has 1 N–H and O–H groups in total. The molecule has 0 atom stereocenters. The lowest BCUT2D eigenvalue weighted by Crippen LogP contribution is -2.03. The fraction of sp³-hybridized carbons (Fsp3) is 0. The first kappa shape index (κ1) is 32.2. The van der Waals surface area contributed by atoms with Crippen molar-refractivity contribution >= 4 is 72.5 Å². The van der Waals surface area contributed by atoms with Gasteiger partial charge in [-0.25, -0.2) is 9.98 Å². The molecule has 55 heavy (non-hydrogen) atoms. The zero-order chi connectivity index (χ0) is 36.9. The number of aliphatic imine (C=N–C) groups is 2. The number of benzene rings is 9. The van der Waals surface area contributed by atoms with Crippen LogP contribution in [0, 0.1) is 5.41 Å². The van der Waals surface area contributed by atoms with E-state index in [-0.39, 0.29) is 5.84 Å². The van der Waals surface area contributed by atoms with Crippen molar-refractivity contribution in [2.45, 2.75) is 0 Å². The van der Waals surface area contributed by atoms with Crippen LogP contribution in [0.25, 0.3) is 82.1 Å². The maximum atomic E-state index is 8.67. The second kappa shape index (κ2) is 13.2. The second-order valence-corrected chi connectivity index (χ2v) is 13.8. The number of nitrogens with zero attached hydrogens (tertiary/aromatic N) is 3. The van der Waals surface area contributed by atoms with E-state index >= 15 is 0 Å². The van der Waals surface area contributed by atoms with Gasteiger partial charge in [-0.05, 0) is 91.6 Å². The number of aromatic nitrogens is 1. The molecule has 0 spiro atoms. The number of amidine groups is 2. The largest absolute Gasteiger partial charge is 0.309 e. The third-order valence-corrected chi connectivity index (χ3v) is 10.8. The summed E-state index contributed by atoms with van der Waals surface area (Å²) in [5.41, 5.74) is 9.72. The van der Waals surface area contributed by atoms with Gasteiger partial charge in [0.1, 0.15) is 0 Å². The van der Waals surface area contributed by atoms with Crippen LogP contribution in [-0.4, -0.2) is 23.0 Å². The summed E-state index contributed by atoms with van der Waals surface area (Å²) in [6.45, 7) is 3.84. The lowest BCUT2D eigenvalue weighted by molar-refractivity contribution is 1.18. The van der Waals surface area contributed by atoms with Crippen molar-refractivity contribution in [1.82, 2.24) is 4.57 Å². The van der Waals surface area contributed by atoms with E-state index in [1.54, 1.807) is 0 Å². The fourth-order valence-corrected chi connectivity index (χ4v) is 8.19. The van der Waals surface area contributed by atoms with Gasteiger partial charge in [0.15, 0.2) is 11.7 Å². The molecular weight excluding hydrogens is 669 g/mol. The minimum absolute atomic E-state index is 0.147. The average Bonchev–Trinajstić information content (AvgIpc) is 3.59. The molecule has 0 saturated heterocycles. The van der Waals surface area contributed by atoms with Gasteiger partial charge in [0.25, 0.3) is 0 Å². The van der Waals surface area contributed by atoms with Crippen molar-refractivity contribution < 1.29 is 0 Å². The predicted octanol–water partition coefficient (Wildman–Crippen LogP) is 13.1. The Balaban J connectivity index is 1.18. The van der Waals surface area contributed by atoms with Gasteiger partial charge in [-0.2, -0.15) is 0 Å². The van der Waals surface area contributed by atoms with Gasteiger partial charge in [-0.1, -0.05) is 158 Å². The summed E-state index contributed by atoms with van der Waals surface area (Å²) in [4.78, 5) is 8.91. The lowest BCUT2D eigenvalue weighted by atomic mass is 9.88. The average molecular weight is 703 g/mol. The lowest BCUT2D eigenvalue weighted by Gasteiger charge is -2.16. The summed E-state index contributed by atoms with van der Waals surface area (Å²) in [5.74, 6) is 0.567. The summed E-state index contributed by atoms with van der Waals surface area (Å²) in [5, 5.41) is 18.1. The Bertz CT molecular complexity index is 3160.